The number of halogens is 3. The molecule has 0 aliphatic carbocycles. The highest BCUT2D eigenvalue weighted by molar-refractivity contribution is 9.10. The number of aromatic amines is 1. The number of hydrogen-bond acceptors (Lipinski definition) is 4. The first kappa shape index (κ1) is 20.2. The molecule has 0 saturated heterocycles. The minimum atomic E-state index is 0.276. The van der Waals surface area contributed by atoms with Gasteiger partial charge in [0.25, 0.3) is 0 Å². The van der Waals surface area contributed by atoms with Crippen molar-refractivity contribution in [1.82, 2.24) is 14.9 Å². The summed E-state index contributed by atoms with van der Waals surface area (Å²) in [6.45, 7) is 2.80. The lowest BCUT2D eigenvalue weighted by molar-refractivity contribution is 0.303. The van der Waals surface area contributed by atoms with Crippen molar-refractivity contribution in [2.24, 2.45) is 0 Å². The van der Waals surface area contributed by atoms with Crippen LogP contribution in [0, 0.1) is 4.77 Å². The lowest BCUT2D eigenvalue weighted by Crippen LogP contribution is -2.18. The lowest BCUT2D eigenvalue weighted by atomic mass is 10.2. The third-order valence-electron chi connectivity index (χ3n) is 3.94. The van der Waals surface area contributed by atoms with Gasteiger partial charge in [0.1, 0.15) is 12.4 Å². The summed E-state index contributed by atoms with van der Waals surface area (Å²) in [6.07, 6.45) is 0.757. The summed E-state index contributed by atoms with van der Waals surface area (Å²) in [4.78, 5) is 0. The average Bonchev–Trinajstić information content (AvgIpc) is 3.00. The Morgan fingerprint density at radius 3 is 2.70 bits per heavy atom. The SMILES string of the molecule is CCc1n[nH]c(=S)n1NCc1cc(Br)ccc1OCc1c(Cl)cccc1Cl. The molecule has 0 aliphatic heterocycles. The van der Waals surface area contributed by atoms with E-state index in [1.54, 1.807) is 16.8 Å². The Morgan fingerprint density at radius 2 is 2.00 bits per heavy atom. The first-order valence-corrected chi connectivity index (χ1v) is 10.2. The Morgan fingerprint density at radius 1 is 1.26 bits per heavy atom. The average molecular weight is 488 g/mol. The maximum Gasteiger partial charge on any atom is 0.214 e. The van der Waals surface area contributed by atoms with E-state index in [2.05, 4.69) is 31.6 Å². The number of rotatable bonds is 7. The molecule has 5 nitrogen and oxygen atoms in total. The monoisotopic (exact) mass is 486 g/mol. The van der Waals surface area contributed by atoms with Crippen molar-refractivity contribution in [3.63, 3.8) is 0 Å². The minimum absolute atomic E-state index is 0.276. The van der Waals surface area contributed by atoms with Crippen LogP contribution in [-0.4, -0.2) is 14.9 Å². The van der Waals surface area contributed by atoms with Crippen LogP contribution in [-0.2, 0) is 19.6 Å². The largest absolute Gasteiger partial charge is 0.488 e. The van der Waals surface area contributed by atoms with Gasteiger partial charge in [0.2, 0.25) is 4.77 Å². The molecular formula is C18H17BrCl2N4OS. The molecule has 0 aliphatic rings. The van der Waals surface area contributed by atoms with E-state index >= 15 is 0 Å². The number of nitrogens with one attached hydrogen (secondary N) is 2. The summed E-state index contributed by atoms with van der Waals surface area (Å²) in [6, 6.07) is 11.2. The van der Waals surface area contributed by atoms with Gasteiger partial charge in [-0.05, 0) is 42.5 Å². The highest BCUT2D eigenvalue weighted by Gasteiger charge is 2.11. The third kappa shape index (κ3) is 4.85. The third-order valence-corrected chi connectivity index (χ3v) is 5.42. The fourth-order valence-electron chi connectivity index (χ4n) is 2.54. The van der Waals surface area contributed by atoms with E-state index in [0.29, 0.717) is 21.4 Å². The number of H-pyrrole nitrogens is 1. The van der Waals surface area contributed by atoms with Gasteiger partial charge in [-0.2, -0.15) is 5.10 Å². The molecule has 2 N–H and O–H groups in total. The Hall–Kier alpha value is -1.54. The van der Waals surface area contributed by atoms with Crippen LogP contribution in [0.2, 0.25) is 10.0 Å². The quantitative estimate of drug-likeness (QED) is 0.407. The zero-order chi connectivity index (χ0) is 19.4. The van der Waals surface area contributed by atoms with Crippen LogP contribution in [0.25, 0.3) is 0 Å². The van der Waals surface area contributed by atoms with E-state index in [4.69, 9.17) is 40.2 Å². The second-order valence-electron chi connectivity index (χ2n) is 5.71. The molecule has 1 heterocycles. The maximum atomic E-state index is 6.23. The first-order valence-electron chi connectivity index (χ1n) is 8.24. The molecule has 0 spiro atoms. The summed E-state index contributed by atoms with van der Waals surface area (Å²) < 4.78 is 9.25. The number of aryl methyl sites for hydroxylation is 1. The van der Waals surface area contributed by atoms with Crippen molar-refractivity contribution in [2.75, 3.05) is 5.43 Å². The van der Waals surface area contributed by atoms with E-state index in [1.807, 2.05) is 31.2 Å². The van der Waals surface area contributed by atoms with E-state index in [1.165, 1.54) is 0 Å². The van der Waals surface area contributed by atoms with Crippen LogP contribution >= 0.6 is 51.3 Å². The Balaban J connectivity index is 1.79. The van der Waals surface area contributed by atoms with Gasteiger partial charge in [0.15, 0.2) is 5.82 Å². The van der Waals surface area contributed by atoms with Crippen LogP contribution in [0.5, 0.6) is 5.75 Å². The fourth-order valence-corrected chi connectivity index (χ4v) is 3.67. The van der Waals surface area contributed by atoms with Gasteiger partial charge in [0, 0.05) is 32.1 Å². The van der Waals surface area contributed by atoms with Crippen molar-refractivity contribution in [3.8, 4) is 5.75 Å². The van der Waals surface area contributed by atoms with Gasteiger partial charge < -0.3 is 10.2 Å². The molecule has 9 heteroatoms. The van der Waals surface area contributed by atoms with Crippen molar-refractivity contribution < 1.29 is 4.74 Å². The summed E-state index contributed by atoms with van der Waals surface area (Å²) in [5.74, 6) is 1.56. The first-order chi connectivity index (χ1) is 13.0. The van der Waals surface area contributed by atoms with Gasteiger partial charge >= 0.3 is 0 Å². The Kier molecular flexibility index (Phi) is 6.81. The molecule has 0 bridgehead atoms. The van der Waals surface area contributed by atoms with Crippen molar-refractivity contribution >= 4 is 51.3 Å². The standard InChI is InChI=1S/C18H17BrCl2N4OS/c1-2-17-23-24-18(27)25(17)22-9-11-8-12(19)6-7-16(11)26-10-13-14(20)4-3-5-15(13)21/h3-8,22H,2,9-10H2,1H3,(H,24,27). The molecule has 0 saturated carbocycles. The van der Waals surface area contributed by atoms with E-state index < -0.39 is 0 Å². The zero-order valence-electron chi connectivity index (χ0n) is 14.4. The van der Waals surface area contributed by atoms with Crippen molar-refractivity contribution in [3.05, 3.63) is 72.6 Å². The molecule has 0 fully saturated rings. The molecular weight excluding hydrogens is 471 g/mol. The topological polar surface area (TPSA) is 54.9 Å². The number of benzene rings is 2. The minimum Gasteiger partial charge on any atom is -0.488 e. The van der Waals surface area contributed by atoms with Crippen LogP contribution in [0.3, 0.4) is 0 Å². The van der Waals surface area contributed by atoms with Gasteiger partial charge in [-0.15, -0.1) is 0 Å². The predicted molar refractivity (Wildman–Crippen MR) is 115 cm³/mol. The highest BCUT2D eigenvalue weighted by Crippen LogP contribution is 2.28. The van der Waals surface area contributed by atoms with Gasteiger partial charge in [-0.25, -0.2) is 4.68 Å². The molecule has 0 amide bonds. The van der Waals surface area contributed by atoms with Gasteiger partial charge in [-0.3, -0.25) is 5.10 Å². The molecule has 2 aromatic carbocycles. The molecule has 3 rings (SSSR count). The summed E-state index contributed by atoms with van der Waals surface area (Å²) in [7, 11) is 0. The van der Waals surface area contributed by atoms with Gasteiger partial charge in [0.05, 0.1) is 6.54 Å². The zero-order valence-corrected chi connectivity index (χ0v) is 18.3. The molecule has 1 aromatic heterocycles. The summed E-state index contributed by atoms with van der Waals surface area (Å²) in [5.41, 5.74) is 5.00. The molecule has 0 atom stereocenters. The van der Waals surface area contributed by atoms with Crippen molar-refractivity contribution in [1.29, 1.82) is 0 Å². The number of aromatic nitrogens is 3. The van der Waals surface area contributed by atoms with E-state index in [9.17, 15) is 0 Å². The van der Waals surface area contributed by atoms with Gasteiger partial charge in [-0.1, -0.05) is 52.1 Å². The normalized spacial score (nSPS) is 10.8. The Bertz CT molecular complexity index is 985. The molecule has 0 radical (unpaired) electrons. The lowest BCUT2D eigenvalue weighted by Gasteiger charge is -2.15. The highest BCUT2D eigenvalue weighted by atomic mass is 79.9. The summed E-state index contributed by atoms with van der Waals surface area (Å²) in [5, 5.41) is 8.15. The number of hydrogen-bond donors (Lipinski definition) is 2. The van der Waals surface area contributed by atoms with Crippen LogP contribution in [0.1, 0.15) is 23.9 Å². The van der Waals surface area contributed by atoms with Crippen LogP contribution < -0.4 is 10.2 Å². The smallest absolute Gasteiger partial charge is 0.214 e. The summed E-state index contributed by atoms with van der Waals surface area (Å²) >= 11 is 21.2. The van der Waals surface area contributed by atoms with Crippen molar-refractivity contribution in [2.45, 2.75) is 26.5 Å². The Labute approximate surface area is 180 Å². The van der Waals surface area contributed by atoms with E-state index in [-0.39, 0.29) is 6.61 Å². The van der Waals surface area contributed by atoms with Crippen LogP contribution in [0.15, 0.2) is 40.9 Å². The second kappa shape index (κ2) is 9.10. The van der Waals surface area contributed by atoms with E-state index in [0.717, 1.165) is 33.6 Å². The molecule has 142 valence electrons. The maximum absolute atomic E-state index is 6.23. The van der Waals surface area contributed by atoms with Crippen LogP contribution in [0.4, 0.5) is 0 Å². The fraction of sp³-hybridized carbons (Fsp3) is 0.222. The predicted octanol–water partition coefficient (Wildman–Crippen LogP) is 5.90. The number of nitrogens with zero attached hydrogens (tertiary/aromatic N) is 2. The number of ether oxygens (including phenoxy) is 1. The molecule has 27 heavy (non-hydrogen) atoms. The second-order valence-corrected chi connectivity index (χ2v) is 7.83. The molecule has 3 aromatic rings. The molecule has 0 unspecified atom stereocenters.